The van der Waals surface area contributed by atoms with Gasteiger partial charge in [-0.05, 0) is 58.7 Å². The Balaban J connectivity index is 1.50. The molecular weight excluding hydrogens is 551 g/mol. The van der Waals surface area contributed by atoms with Gasteiger partial charge in [0, 0.05) is 5.69 Å². The van der Waals surface area contributed by atoms with E-state index >= 15 is 0 Å². The molecule has 5 aromatic carbocycles. The molecule has 0 aliphatic heterocycles. The first-order chi connectivity index (χ1) is 20.4. The van der Waals surface area contributed by atoms with Gasteiger partial charge in [0.2, 0.25) is 0 Å². The minimum atomic E-state index is -4.40. The van der Waals surface area contributed by atoms with Crippen molar-refractivity contribution in [1.29, 1.82) is 0 Å². The Bertz CT molecular complexity index is 1510. The molecule has 0 fully saturated rings. The van der Waals surface area contributed by atoms with E-state index in [1.165, 1.54) is 12.1 Å². The highest BCUT2D eigenvalue weighted by Gasteiger charge is 2.31. The van der Waals surface area contributed by atoms with Crippen LogP contribution in [0.3, 0.4) is 0 Å². The Hall–Kier alpha value is -4.46. The minimum absolute atomic E-state index is 0.137. The molecule has 0 bridgehead atoms. The molecule has 3 N–H and O–H groups in total. The number of rotatable bonds is 9. The second-order valence-electron chi connectivity index (χ2n) is 9.87. The smallest absolute Gasteiger partial charge is 0.354 e. The van der Waals surface area contributed by atoms with Crippen LogP contribution in [-0.2, 0) is 6.18 Å². The number of halogens is 3. The van der Waals surface area contributed by atoms with Gasteiger partial charge in [-0.1, -0.05) is 121 Å². The van der Waals surface area contributed by atoms with Crippen LogP contribution < -0.4 is 16.0 Å². The molecule has 0 spiro atoms. The molecule has 0 aliphatic carbocycles. The fraction of sp³-hybridized carbons (Fsp3) is 0.114. The standard InChI is InChI=1S/C35H30F3N3S/c36-35(37,38)29-21-23-30(24-22-29)39-34(42)41-33(28-19-11-4-12-20-28)32(27-17-9-3-10-18-27)40-31(25-13-5-1-6-14-25)26-15-7-2-8-16-26/h1-24,31-33,40H,(H2,39,41,42)/t32-,33?/m1/s1. The molecule has 3 nitrogen and oxygen atoms in total. The average Bonchev–Trinajstić information content (AvgIpc) is 3.02. The number of nitrogens with one attached hydrogen (secondary N) is 3. The van der Waals surface area contributed by atoms with Crippen LogP contribution in [0, 0.1) is 0 Å². The van der Waals surface area contributed by atoms with E-state index in [-0.39, 0.29) is 18.1 Å². The Morgan fingerprint density at radius 1 is 0.524 bits per heavy atom. The van der Waals surface area contributed by atoms with Crippen LogP contribution in [-0.4, -0.2) is 5.11 Å². The predicted molar refractivity (Wildman–Crippen MR) is 167 cm³/mol. The predicted octanol–water partition coefficient (Wildman–Crippen LogP) is 8.85. The summed E-state index contributed by atoms with van der Waals surface area (Å²) in [6.07, 6.45) is -4.40. The normalized spacial score (nSPS) is 12.9. The Morgan fingerprint density at radius 2 is 0.929 bits per heavy atom. The Morgan fingerprint density at radius 3 is 1.36 bits per heavy atom. The molecule has 2 atom stereocenters. The maximum atomic E-state index is 13.1. The lowest BCUT2D eigenvalue weighted by atomic mass is 9.90. The molecule has 0 amide bonds. The van der Waals surface area contributed by atoms with Gasteiger partial charge in [-0.2, -0.15) is 13.2 Å². The molecule has 0 saturated carbocycles. The summed E-state index contributed by atoms with van der Waals surface area (Å²) in [7, 11) is 0. The molecule has 0 radical (unpaired) electrons. The molecule has 0 saturated heterocycles. The number of hydrogen-bond acceptors (Lipinski definition) is 2. The fourth-order valence-electron chi connectivity index (χ4n) is 4.97. The highest BCUT2D eigenvalue weighted by atomic mass is 32.1. The van der Waals surface area contributed by atoms with Gasteiger partial charge in [0.15, 0.2) is 5.11 Å². The Kier molecular flexibility index (Phi) is 9.31. The lowest BCUT2D eigenvalue weighted by molar-refractivity contribution is -0.137. The highest BCUT2D eigenvalue weighted by molar-refractivity contribution is 7.80. The van der Waals surface area contributed by atoms with E-state index in [1.54, 1.807) is 0 Å². The summed E-state index contributed by atoms with van der Waals surface area (Å²) in [5.41, 5.74) is 4.02. The molecule has 0 aliphatic rings. The van der Waals surface area contributed by atoms with Crippen molar-refractivity contribution in [3.63, 3.8) is 0 Å². The van der Waals surface area contributed by atoms with E-state index in [4.69, 9.17) is 12.2 Å². The quantitative estimate of drug-likeness (QED) is 0.152. The van der Waals surface area contributed by atoms with Gasteiger partial charge < -0.3 is 10.6 Å². The van der Waals surface area contributed by atoms with Crippen LogP contribution in [0.5, 0.6) is 0 Å². The van der Waals surface area contributed by atoms with E-state index < -0.39 is 11.7 Å². The average molecular weight is 582 g/mol. The van der Waals surface area contributed by atoms with Crippen LogP contribution in [0.4, 0.5) is 18.9 Å². The number of hydrogen-bond donors (Lipinski definition) is 3. The SMILES string of the molecule is FC(F)(F)c1ccc(NC(=S)NC(c2ccccc2)[C@H](NC(c2ccccc2)c2ccccc2)c2ccccc2)cc1. The summed E-state index contributed by atoms with van der Waals surface area (Å²) in [5.74, 6) is 0. The zero-order valence-corrected chi connectivity index (χ0v) is 23.4. The summed E-state index contributed by atoms with van der Waals surface area (Å²) in [6.45, 7) is 0. The summed E-state index contributed by atoms with van der Waals surface area (Å²) < 4.78 is 39.2. The first kappa shape index (κ1) is 29.0. The number of anilines is 1. The van der Waals surface area contributed by atoms with E-state index in [2.05, 4.69) is 52.3 Å². The summed E-state index contributed by atoms with van der Waals surface area (Å²) in [6, 6.07) is 44.8. The molecule has 42 heavy (non-hydrogen) atoms. The second kappa shape index (κ2) is 13.5. The number of thiocarbonyl (C=S) groups is 1. The fourth-order valence-corrected chi connectivity index (χ4v) is 5.22. The van der Waals surface area contributed by atoms with E-state index in [1.807, 2.05) is 84.9 Å². The van der Waals surface area contributed by atoms with Gasteiger partial charge in [0.05, 0.1) is 23.7 Å². The maximum Gasteiger partial charge on any atom is 0.416 e. The molecule has 212 valence electrons. The van der Waals surface area contributed by atoms with E-state index in [0.29, 0.717) is 10.8 Å². The van der Waals surface area contributed by atoms with Gasteiger partial charge in [-0.25, -0.2) is 0 Å². The molecular formula is C35H30F3N3S. The van der Waals surface area contributed by atoms with Crippen LogP contribution >= 0.6 is 12.2 Å². The van der Waals surface area contributed by atoms with E-state index in [0.717, 1.165) is 34.4 Å². The van der Waals surface area contributed by atoms with Crippen molar-refractivity contribution in [1.82, 2.24) is 10.6 Å². The van der Waals surface area contributed by atoms with Crippen LogP contribution in [0.15, 0.2) is 146 Å². The van der Waals surface area contributed by atoms with Crippen molar-refractivity contribution < 1.29 is 13.2 Å². The maximum absolute atomic E-state index is 13.1. The second-order valence-corrected chi connectivity index (χ2v) is 10.3. The molecule has 0 heterocycles. The monoisotopic (exact) mass is 581 g/mol. The molecule has 0 aromatic heterocycles. The third-order valence-corrected chi connectivity index (χ3v) is 7.24. The van der Waals surface area contributed by atoms with Crippen molar-refractivity contribution in [3.05, 3.63) is 173 Å². The van der Waals surface area contributed by atoms with E-state index in [9.17, 15) is 13.2 Å². The number of benzene rings is 5. The molecule has 5 rings (SSSR count). The van der Waals surface area contributed by atoms with Crippen molar-refractivity contribution in [3.8, 4) is 0 Å². The van der Waals surface area contributed by atoms with Gasteiger partial charge >= 0.3 is 6.18 Å². The number of alkyl halides is 3. The highest BCUT2D eigenvalue weighted by Crippen LogP contribution is 2.34. The molecule has 5 aromatic rings. The summed E-state index contributed by atoms with van der Waals surface area (Å²) in [5, 5.41) is 10.8. The van der Waals surface area contributed by atoms with Gasteiger partial charge in [0.1, 0.15) is 0 Å². The molecule has 1 unspecified atom stereocenters. The first-order valence-electron chi connectivity index (χ1n) is 13.6. The summed E-state index contributed by atoms with van der Waals surface area (Å²) in [4.78, 5) is 0. The third kappa shape index (κ3) is 7.43. The minimum Gasteiger partial charge on any atom is -0.354 e. The lowest BCUT2D eigenvalue weighted by Crippen LogP contribution is -2.41. The van der Waals surface area contributed by atoms with Crippen molar-refractivity contribution in [2.45, 2.75) is 24.3 Å². The van der Waals surface area contributed by atoms with Gasteiger partial charge in [-0.15, -0.1) is 0 Å². The van der Waals surface area contributed by atoms with Crippen molar-refractivity contribution >= 4 is 23.0 Å². The van der Waals surface area contributed by atoms with Crippen molar-refractivity contribution in [2.24, 2.45) is 0 Å². The van der Waals surface area contributed by atoms with Gasteiger partial charge in [-0.3, -0.25) is 5.32 Å². The van der Waals surface area contributed by atoms with Crippen molar-refractivity contribution in [2.75, 3.05) is 5.32 Å². The first-order valence-corrected chi connectivity index (χ1v) is 14.0. The summed E-state index contributed by atoms with van der Waals surface area (Å²) >= 11 is 5.72. The van der Waals surface area contributed by atoms with Crippen LogP contribution in [0.1, 0.15) is 45.9 Å². The Labute approximate surface area is 249 Å². The van der Waals surface area contributed by atoms with Crippen LogP contribution in [0.2, 0.25) is 0 Å². The van der Waals surface area contributed by atoms with Crippen LogP contribution in [0.25, 0.3) is 0 Å². The lowest BCUT2D eigenvalue weighted by Gasteiger charge is -2.34. The topological polar surface area (TPSA) is 36.1 Å². The molecule has 7 heteroatoms. The largest absolute Gasteiger partial charge is 0.416 e. The zero-order valence-electron chi connectivity index (χ0n) is 22.6. The van der Waals surface area contributed by atoms with Gasteiger partial charge in [0.25, 0.3) is 0 Å². The zero-order chi connectivity index (χ0) is 29.4. The third-order valence-electron chi connectivity index (χ3n) is 7.02.